The van der Waals surface area contributed by atoms with Gasteiger partial charge in [0.05, 0.1) is 6.04 Å². The van der Waals surface area contributed by atoms with Crippen molar-refractivity contribution in [2.45, 2.75) is 59.1 Å². The van der Waals surface area contributed by atoms with Gasteiger partial charge in [-0.15, -0.1) is 0 Å². The first kappa shape index (κ1) is 17.5. The van der Waals surface area contributed by atoms with Gasteiger partial charge in [0.2, 0.25) is 5.91 Å². The van der Waals surface area contributed by atoms with E-state index in [0.29, 0.717) is 12.3 Å². The number of hydrogen-bond acceptors (Lipinski definition) is 3. The molecule has 23 heavy (non-hydrogen) atoms. The average molecular weight is 317 g/mol. The molecule has 126 valence electrons. The summed E-state index contributed by atoms with van der Waals surface area (Å²) in [5.74, 6) is 0.188. The third kappa shape index (κ3) is 4.34. The Kier molecular flexibility index (Phi) is 5.12. The first-order valence-corrected chi connectivity index (χ1v) is 8.30. The van der Waals surface area contributed by atoms with E-state index in [4.69, 9.17) is 4.74 Å². The number of carbonyl (C=O) groups excluding carboxylic acids is 2. The number of likely N-dealkylation sites (tertiary alicyclic amines) is 1. The van der Waals surface area contributed by atoms with Crippen LogP contribution in [0.4, 0.5) is 4.79 Å². The minimum absolute atomic E-state index is 0.109. The van der Waals surface area contributed by atoms with Crippen LogP contribution < -0.4 is 0 Å². The molecule has 0 aliphatic carbocycles. The Morgan fingerprint density at radius 2 is 1.87 bits per heavy atom. The fraction of sp³-hybridized carbons (Fsp3) is 0.579. The molecule has 4 nitrogen and oxygen atoms in total. The van der Waals surface area contributed by atoms with E-state index >= 15 is 0 Å². The summed E-state index contributed by atoms with van der Waals surface area (Å²) in [6.07, 6.45) is 0.921. The molecule has 2 amide bonds. The molecule has 0 unspecified atom stereocenters. The van der Waals surface area contributed by atoms with Crippen molar-refractivity contribution in [1.29, 1.82) is 0 Å². The van der Waals surface area contributed by atoms with Gasteiger partial charge in [0.25, 0.3) is 0 Å². The first-order valence-electron chi connectivity index (χ1n) is 8.30. The minimum Gasteiger partial charge on any atom is -0.443 e. The van der Waals surface area contributed by atoms with Gasteiger partial charge in [0.1, 0.15) is 5.60 Å². The van der Waals surface area contributed by atoms with Gasteiger partial charge in [-0.2, -0.15) is 0 Å². The summed E-state index contributed by atoms with van der Waals surface area (Å²) in [6.45, 7) is 9.64. The minimum atomic E-state index is -0.616. The SMILES string of the molecule is CC(C)C[C@H]1C[C@@H](c2ccccc2)N(C(=O)OC(C)(C)C)C1=O. The standard InChI is InChI=1S/C19H27NO3/c1-13(2)11-15-12-16(14-9-7-6-8-10-14)20(17(15)21)18(22)23-19(3,4)5/h6-10,13,15-16H,11-12H2,1-5H3/t15-,16-/m0/s1. The summed E-state index contributed by atoms with van der Waals surface area (Å²) < 4.78 is 5.46. The number of carbonyl (C=O) groups is 2. The second-order valence-corrected chi connectivity index (χ2v) is 7.68. The number of imide groups is 1. The topological polar surface area (TPSA) is 46.6 Å². The molecule has 1 heterocycles. The third-order valence-electron chi connectivity index (χ3n) is 3.94. The largest absolute Gasteiger partial charge is 0.443 e. The summed E-state index contributed by atoms with van der Waals surface area (Å²) in [4.78, 5) is 26.7. The second kappa shape index (κ2) is 6.73. The molecular formula is C19H27NO3. The molecule has 4 heteroatoms. The zero-order valence-electron chi connectivity index (χ0n) is 14.7. The van der Waals surface area contributed by atoms with Gasteiger partial charge in [0.15, 0.2) is 0 Å². The molecular weight excluding hydrogens is 290 g/mol. The van der Waals surface area contributed by atoms with E-state index in [2.05, 4.69) is 13.8 Å². The van der Waals surface area contributed by atoms with Gasteiger partial charge in [0, 0.05) is 5.92 Å². The summed E-state index contributed by atoms with van der Waals surface area (Å²) >= 11 is 0. The van der Waals surface area contributed by atoms with Crippen LogP contribution in [0.3, 0.4) is 0 Å². The molecule has 0 aromatic heterocycles. The number of nitrogens with zero attached hydrogens (tertiary/aromatic N) is 1. The van der Waals surface area contributed by atoms with Gasteiger partial charge >= 0.3 is 6.09 Å². The molecule has 0 spiro atoms. The second-order valence-electron chi connectivity index (χ2n) is 7.68. The smallest absolute Gasteiger partial charge is 0.417 e. The van der Waals surface area contributed by atoms with E-state index in [-0.39, 0.29) is 17.9 Å². The van der Waals surface area contributed by atoms with Crippen molar-refractivity contribution in [3.8, 4) is 0 Å². The number of benzene rings is 1. The molecule has 0 bridgehead atoms. The van der Waals surface area contributed by atoms with E-state index < -0.39 is 11.7 Å². The van der Waals surface area contributed by atoms with E-state index in [9.17, 15) is 9.59 Å². The Balaban J connectivity index is 2.29. The lowest BCUT2D eigenvalue weighted by molar-refractivity contribution is -0.131. The fourth-order valence-corrected chi connectivity index (χ4v) is 3.08. The van der Waals surface area contributed by atoms with Gasteiger partial charge in [-0.1, -0.05) is 44.2 Å². The Morgan fingerprint density at radius 1 is 1.26 bits per heavy atom. The molecule has 1 fully saturated rings. The van der Waals surface area contributed by atoms with Crippen molar-refractivity contribution >= 4 is 12.0 Å². The van der Waals surface area contributed by atoms with Crippen LogP contribution in [0.25, 0.3) is 0 Å². The monoisotopic (exact) mass is 317 g/mol. The van der Waals surface area contributed by atoms with Crippen molar-refractivity contribution in [3.63, 3.8) is 0 Å². The lowest BCUT2D eigenvalue weighted by Crippen LogP contribution is -2.40. The van der Waals surface area contributed by atoms with Gasteiger partial charge in [-0.25, -0.2) is 9.69 Å². The maximum atomic E-state index is 12.8. The number of amides is 2. The Morgan fingerprint density at radius 3 is 2.39 bits per heavy atom. The zero-order chi connectivity index (χ0) is 17.2. The van der Waals surface area contributed by atoms with Gasteiger partial charge < -0.3 is 4.74 Å². The fourth-order valence-electron chi connectivity index (χ4n) is 3.08. The van der Waals surface area contributed by atoms with Crippen LogP contribution in [0, 0.1) is 11.8 Å². The maximum absolute atomic E-state index is 12.8. The van der Waals surface area contributed by atoms with Crippen molar-refractivity contribution < 1.29 is 14.3 Å². The molecule has 1 aromatic carbocycles. The molecule has 2 atom stereocenters. The highest BCUT2D eigenvalue weighted by Gasteiger charge is 2.45. The van der Waals surface area contributed by atoms with Crippen LogP contribution in [-0.2, 0) is 9.53 Å². The van der Waals surface area contributed by atoms with Crippen molar-refractivity contribution in [2.75, 3.05) is 0 Å². The Hall–Kier alpha value is -1.84. The van der Waals surface area contributed by atoms with Crippen LogP contribution in [0.1, 0.15) is 59.1 Å². The van der Waals surface area contributed by atoms with Gasteiger partial charge in [-0.05, 0) is 45.1 Å². The lowest BCUT2D eigenvalue weighted by Gasteiger charge is -2.27. The maximum Gasteiger partial charge on any atom is 0.417 e. The Labute approximate surface area is 138 Å². The average Bonchev–Trinajstić information content (AvgIpc) is 2.74. The summed E-state index contributed by atoms with van der Waals surface area (Å²) in [7, 11) is 0. The summed E-state index contributed by atoms with van der Waals surface area (Å²) in [5.41, 5.74) is 0.368. The van der Waals surface area contributed by atoms with Crippen LogP contribution >= 0.6 is 0 Å². The predicted octanol–water partition coefficient (Wildman–Crippen LogP) is 4.56. The normalized spacial score (nSPS) is 21.8. The molecule has 1 aliphatic rings. The summed E-state index contributed by atoms with van der Waals surface area (Å²) in [6, 6.07) is 9.50. The van der Waals surface area contributed by atoms with Crippen LogP contribution in [0.5, 0.6) is 0 Å². The molecule has 1 aromatic rings. The van der Waals surface area contributed by atoms with E-state index in [1.807, 2.05) is 51.1 Å². The van der Waals surface area contributed by atoms with Crippen LogP contribution in [0.15, 0.2) is 30.3 Å². The molecule has 2 rings (SSSR count). The molecule has 1 saturated heterocycles. The molecule has 0 radical (unpaired) electrons. The van der Waals surface area contributed by atoms with Crippen LogP contribution in [0.2, 0.25) is 0 Å². The van der Waals surface area contributed by atoms with Crippen LogP contribution in [-0.4, -0.2) is 22.5 Å². The Bertz CT molecular complexity index is 560. The van der Waals surface area contributed by atoms with E-state index in [0.717, 1.165) is 12.0 Å². The predicted molar refractivity (Wildman–Crippen MR) is 89.8 cm³/mol. The lowest BCUT2D eigenvalue weighted by atomic mass is 9.92. The number of rotatable bonds is 3. The highest BCUT2D eigenvalue weighted by atomic mass is 16.6. The molecule has 1 aliphatic heterocycles. The van der Waals surface area contributed by atoms with Gasteiger partial charge in [-0.3, -0.25) is 4.79 Å². The van der Waals surface area contributed by atoms with E-state index in [1.54, 1.807) is 0 Å². The highest BCUT2D eigenvalue weighted by molar-refractivity contribution is 5.95. The summed E-state index contributed by atoms with van der Waals surface area (Å²) in [5, 5.41) is 0. The van der Waals surface area contributed by atoms with Crippen molar-refractivity contribution in [2.24, 2.45) is 11.8 Å². The van der Waals surface area contributed by atoms with Crippen molar-refractivity contribution in [3.05, 3.63) is 35.9 Å². The first-order chi connectivity index (χ1) is 10.7. The third-order valence-corrected chi connectivity index (χ3v) is 3.94. The zero-order valence-corrected chi connectivity index (χ0v) is 14.7. The van der Waals surface area contributed by atoms with Crippen molar-refractivity contribution in [1.82, 2.24) is 4.90 Å². The number of ether oxygens (including phenoxy) is 1. The number of hydrogen-bond donors (Lipinski definition) is 0. The quantitative estimate of drug-likeness (QED) is 0.821. The van der Waals surface area contributed by atoms with E-state index in [1.165, 1.54) is 4.90 Å². The molecule has 0 saturated carbocycles. The highest BCUT2D eigenvalue weighted by Crippen LogP contribution is 2.39. The molecule has 0 N–H and O–H groups in total.